The lowest BCUT2D eigenvalue weighted by Gasteiger charge is -2.20. The lowest BCUT2D eigenvalue weighted by molar-refractivity contribution is 0.0921. The largest absolute Gasteiger partial charge is 0.493 e. The van der Waals surface area contributed by atoms with E-state index in [9.17, 15) is 4.79 Å². The zero-order chi connectivity index (χ0) is 28.3. The highest BCUT2D eigenvalue weighted by molar-refractivity contribution is 7.98. The summed E-state index contributed by atoms with van der Waals surface area (Å²) in [5, 5.41) is 3.42. The molecule has 0 aliphatic carbocycles. The molecule has 3 heterocycles. The van der Waals surface area contributed by atoms with Crippen LogP contribution in [-0.4, -0.2) is 55.8 Å². The molecule has 0 aliphatic heterocycles. The van der Waals surface area contributed by atoms with Crippen molar-refractivity contribution in [2.75, 3.05) is 39.8 Å². The van der Waals surface area contributed by atoms with Gasteiger partial charge in [0.1, 0.15) is 11.6 Å². The zero-order valence-corrected chi connectivity index (χ0v) is 23.9. The average molecular weight is 564 g/mol. The third kappa shape index (κ3) is 7.96. The summed E-state index contributed by atoms with van der Waals surface area (Å²) in [4.78, 5) is 28.2. The maximum absolute atomic E-state index is 12.5. The van der Waals surface area contributed by atoms with Crippen molar-refractivity contribution in [1.82, 2.24) is 20.3 Å². The number of benzene rings is 1. The number of carbonyl (C=O) groups excluding carboxylic acids is 1. The van der Waals surface area contributed by atoms with E-state index in [4.69, 9.17) is 23.6 Å². The predicted molar refractivity (Wildman–Crippen MR) is 153 cm³/mol. The van der Waals surface area contributed by atoms with Crippen LogP contribution >= 0.6 is 11.8 Å². The molecule has 0 radical (unpaired) electrons. The molecule has 0 fully saturated rings. The maximum atomic E-state index is 12.5. The number of anilines is 1. The van der Waals surface area contributed by atoms with Gasteiger partial charge in [0.15, 0.2) is 22.4 Å². The number of likely N-dealkylation sites (N-methyl/N-ethyl adjacent to an activating group) is 1. The van der Waals surface area contributed by atoms with Crippen LogP contribution in [0, 0.1) is 0 Å². The number of furan rings is 1. The number of hydrogen-bond acceptors (Lipinski definition) is 10. The van der Waals surface area contributed by atoms with E-state index in [0.29, 0.717) is 41.3 Å². The van der Waals surface area contributed by atoms with Crippen LogP contribution in [0.4, 0.5) is 5.82 Å². The van der Waals surface area contributed by atoms with Gasteiger partial charge in [0.25, 0.3) is 5.91 Å². The summed E-state index contributed by atoms with van der Waals surface area (Å²) >= 11 is 1.43. The van der Waals surface area contributed by atoms with Crippen molar-refractivity contribution in [3.05, 3.63) is 89.3 Å². The fraction of sp³-hybridized carbons (Fsp3) is 0.310. The number of aromatic nitrogens is 3. The van der Waals surface area contributed by atoms with Crippen LogP contribution in [0.5, 0.6) is 11.5 Å². The van der Waals surface area contributed by atoms with Gasteiger partial charge in [0.05, 0.1) is 44.5 Å². The molecule has 1 N–H and O–H groups in total. The van der Waals surface area contributed by atoms with Crippen LogP contribution in [0.15, 0.2) is 70.4 Å². The van der Waals surface area contributed by atoms with Gasteiger partial charge in [0.2, 0.25) is 0 Å². The molecule has 0 spiro atoms. The van der Waals surface area contributed by atoms with Crippen LogP contribution in [0.3, 0.4) is 0 Å². The Morgan fingerprint density at radius 1 is 1.00 bits per heavy atom. The number of nitrogens with zero attached hydrogens (tertiary/aromatic N) is 4. The van der Waals surface area contributed by atoms with E-state index in [1.165, 1.54) is 11.8 Å². The van der Waals surface area contributed by atoms with Gasteiger partial charge >= 0.3 is 0 Å². The standard InChI is InChI=1S/C29H33N5O5S/c1-34(14-12-20-8-10-24(37-3)26(15-20)38-4)27-16-22(18-36-2)32-29(33-27)40-19-23-9-11-25(39-23)28(35)31-17-21-7-5-6-13-30-21/h5-11,13,15-16H,12,14,17-19H2,1-4H3,(H,31,35). The van der Waals surface area contributed by atoms with Gasteiger partial charge in [-0.1, -0.05) is 23.9 Å². The monoisotopic (exact) mass is 563 g/mol. The maximum Gasteiger partial charge on any atom is 0.287 e. The van der Waals surface area contributed by atoms with Gasteiger partial charge in [-0.2, -0.15) is 0 Å². The summed E-state index contributed by atoms with van der Waals surface area (Å²) in [6.07, 6.45) is 2.48. The Hall–Kier alpha value is -4.09. The number of amides is 1. The Kier molecular flexibility index (Phi) is 10.4. The van der Waals surface area contributed by atoms with E-state index in [1.807, 2.05) is 49.5 Å². The molecule has 0 saturated carbocycles. The number of hydrogen-bond donors (Lipinski definition) is 1. The first kappa shape index (κ1) is 28.9. The Morgan fingerprint density at radius 2 is 1.85 bits per heavy atom. The van der Waals surface area contributed by atoms with Crippen molar-refractivity contribution in [2.45, 2.75) is 30.5 Å². The minimum absolute atomic E-state index is 0.246. The molecule has 210 valence electrons. The van der Waals surface area contributed by atoms with E-state index >= 15 is 0 Å². The summed E-state index contributed by atoms with van der Waals surface area (Å²) in [5.74, 6) is 3.28. The van der Waals surface area contributed by atoms with Crippen molar-refractivity contribution in [1.29, 1.82) is 0 Å². The highest BCUT2D eigenvalue weighted by Crippen LogP contribution is 2.28. The van der Waals surface area contributed by atoms with Crippen molar-refractivity contribution in [3.63, 3.8) is 0 Å². The van der Waals surface area contributed by atoms with E-state index in [1.54, 1.807) is 39.7 Å². The molecule has 0 aliphatic rings. The first-order valence-corrected chi connectivity index (χ1v) is 13.7. The number of nitrogens with one attached hydrogen (secondary N) is 1. The molecule has 1 amide bonds. The van der Waals surface area contributed by atoms with Crippen LogP contribution in [0.1, 0.15) is 33.3 Å². The van der Waals surface area contributed by atoms with Gasteiger partial charge in [-0.25, -0.2) is 9.97 Å². The SMILES string of the molecule is COCc1cc(N(C)CCc2ccc(OC)c(OC)c2)nc(SCc2ccc(C(=O)NCc3ccccn3)o2)n1. The molecule has 1 aromatic carbocycles. The smallest absolute Gasteiger partial charge is 0.287 e. The number of carbonyl (C=O) groups is 1. The van der Waals surface area contributed by atoms with E-state index in [-0.39, 0.29) is 11.7 Å². The van der Waals surface area contributed by atoms with Crippen molar-refractivity contribution >= 4 is 23.5 Å². The molecule has 0 bridgehead atoms. The fourth-order valence-electron chi connectivity index (χ4n) is 3.86. The molecule has 11 heteroatoms. The molecular formula is C29H33N5O5S. The molecular weight excluding hydrogens is 530 g/mol. The van der Waals surface area contributed by atoms with Gasteiger partial charge in [0, 0.05) is 33.0 Å². The van der Waals surface area contributed by atoms with E-state index in [2.05, 4.69) is 20.2 Å². The molecule has 0 atom stereocenters. The Balaban J connectivity index is 1.37. The highest BCUT2D eigenvalue weighted by Gasteiger charge is 2.14. The summed E-state index contributed by atoms with van der Waals surface area (Å²) in [6, 6.07) is 16.9. The number of methoxy groups -OCH3 is 3. The molecule has 3 aromatic heterocycles. The Labute approximate surface area is 238 Å². The van der Waals surface area contributed by atoms with Crippen molar-refractivity contribution in [3.8, 4) is 11.5 Å². The van der Waals surface area contributed by atoms with Crippen LogP contribution in [0.25, 0.3) is 0 Å². The Bertz CT molecular complexity index is 1400. The number of rotatable bonds is 14. The third-order valence-corrected chi connectivity index (χ3v) is 6.87. The van der Waals surface area contributed by atoms with Gasteiger partial charge < -0.3 is 28.8 Å². The van der Waals surface area contributed by atoms with E-state index < -0.39 is 0 Å². The number of thioether (sulfide) groups is 1. The lowest BCUT2D eigenvalue weighted by atomic mass is 10.1. The normalized spacial score (nSPS) is 10.8. The second-order valence-electron chi connectivity index (χ2n) is 8.85. The quantitative estimate of drug-likeness (QED) is 0.173. The summed E-state index contributed by atoms with van der Waals surface area (Å²) < 4.78 is 21.9. The number of ether oxygens (including phenoxy) is 3. The van der Waals surface area contributed by atoms with Crippen LogP contribution < -0.4 is 19.7 Å². The first-order chi connectivity index (χ1) is 19.5. The first-order valence-electron chi connectivity index (χ1n) is 12.7. The summed E-state index contributed by atoms with van der Waals surface area (Å²) in [6.45, 7) is 1.43. The Morgan fingerprint density at radius 3 is 2.60 bits per heavy atom. The number of pyridine rings is 1. The minimum Gasteiger partial charge on any atom is -0.493 e. The molecule has 0 unspecified atom stereocenters. The molecule has 10 nitrogen and oxygen atoms in total. The van der Waals surface area contributed by atoms with Gasteiger partial charge in [-0.15, -0.1) is 0 Å². The van der Waals surface area contributed by atoms with E-state index in [0.717, 1.165) is 35.7 Å². The highest BCUT2D eigenvalue weighted by atomic mass is 32.2. The van der Waals surface area contributed by atoms with Crippen molar-refractivity contribution < 1.29 is 23.4 Å². The van der Waals surface area contributed by atoms with Gasteiger partial charge in [-0.3, -0.25) is 9.78 Å². The lowest BCUT2D eigenvalue weighted by Crippen LogP contribution is -2.22. The molecule has 40 heavy (non-hydrogen) atoms. The minimum atomic E-state index is -0.293. The molecule has 4 aromatic rings. The van der Waals surface area contributed by atoms with Gasteiger partial charge in [-0.05, 0) is 48.4 Å². The summed E-state index contributed by atoms with van der Waals surface area (Å²) in [5.41, 5.74) is 2.68. The predicted octanol–water partition coefficient (Wildman–Crippen LogP) is 4.53. The third-order valence-electron chi connectivity index (χ3n) is 6.00. The van der Waals surface area contributed by atoms with Crippen molar-refractivity contribution in [2.24, 2.45) is 0 Å². The molecule has 4 rings (SSSR count). The van der Waals surface area contributed by atoms with Crippen LogP contribution in [-0.2, 0) is 30.1 Å². The van der Waals surface area contributed by atoms with Crippen LogP contribution in [0.2, 0.25) is 0 Å². The zero-order valence-electron chi connectivity index (χ0n) is 23.0. The molecule has 0 saturated heterocycles. The topological polar surface area (TPSA) is 112 Å². The second kappa shape index (κ2) is 14.3. The fourth-order valence-corrected chi connectivity index (χ4v) is 4.63. The second-order valence-corrected chi connectivity index (χ2v) is 9.79. The average Bonchev–Trinajstić information content (AvgIpc) is 3.47. The summed E-state index contributed by atoms with van der Waals surface area (Å²) in [7, 11) is 6.89.